The molecule has 5 rings (SSSR count). The first-order chi connectivity index (χ1) is 12.7. The molecule has 0 radical (unpaired) electrons. The van der Waals surface area contributed by atoms with Gasteiger partial charge in [0.1, 0.15) is 17.4 Å². The molecule has 6 heteroatoms. The molecule has 4 aromatic heterocycles. The molecule has 126 valence electrons. The number of imidazole rings is 1. The van der Waals surface area contributed by atoms with Gasteiger partial charge in [0.15, 0.2) is 0 Å². The Morgan fingerprint density at radius 1 is 1.15 bits per heavy atom. The maximum absolute atomic E-state index is 9.30. The molecule has 4 aromatic rings. The van der Waals surface area contributed by atoms with Gasteiger partial charge in [-0.2, -0.15) is 10.4 Å². The number of nitriles is 1. The van der Waals surface area contributed by atoms with Crippen molar-refractivity contribution in [2.75, 3.05) is 0 Å². The maximum atomic E-state index is 9.30. The smallest absolute Gasteiger partial charge is 0.144 e. The molecule has 0 spiro atoms. The topological polar surface area (TPSA) is 71.8 Å². The Morgan fingerprint density at radius 2 is 2.04 bits per heavy atom. The molecule has 1 aliphatic rings. The highest BCUT2D eigenvalue weighted by Gasteiger charge is 2.29. The third-order valence-electron chi connectivity index (χ3n) is 4.75. The summed E-state index contributed by atoms with van der Waals surface area (Å²) in [4.78, 5) is 8.99. The van der Waals surface area contributed by atoms with Crippen LogP contribution in [0.15, 0.2) is 48.9 Å². The molecule has 0 unspecified atom stereocenters. The quantitative estimate of drug-likeness (QED) is 0.569. The zero-order valence-corrected chi connectivity index (χ0v) is 14.3. The first-order valence-corrected chi connectivity index (χ1v) is 8.64. The van der Waals surface area contributed by atoms with Crippen molar-refractivity contribution >= 4 is 5.65 Å². The van der Waals surface area contributed by atoms with Crippen LogP contribution in [0, 0.1) is 18.3 Å². The van der Waals surface area contributed by atoms with Gasteiger partial charge in [0.05, 0.1) is 29.8 Å². The summed E-state index contributed by atoms with van der Waals surface area (Å²) in [5.74, 6) is 0. The molecule has 0 bridgehead atoms. The van der Waals surface area contributed by atoms with Crippen molar-refractivity contribution < 1.29 is 0 Å². The summed E-state index contributed by atoms with van der Waals surface area (Å²) in [6, 6.07) is 12.6. The number of fused-ring (bicyclic) bond motifs is 1. The average molecular weight is 340 g/mol. The molecule has 0 N–H and O–H groups in total. The predicted octanol–water partition coefficient (Wildman–Crippen LogP) is 3.77. The summed E-state index contributed by atoms with van der Waals surface area (Å²) in [6.45, 7) is 2.00. The van der Waals surface area contributed by atoms with Crippen LogP contribution in [0.2, 0.25) is 0 Å². The van der Waals surface area contributed by atoms with Crippen LogP contribution in [0.25, 0.3) is 28.2 Å². The highest BCUT2D eigenvalue weighted by molar-refractivity contribution is 5.79. The molecule has 1 saturated carbocycles. The molecule has 1 fully saturated rings. The Balaban J connectivity index is 1.74. The summed E-state index contributed by atoms with van der Waals surface area (Å²) >= 11 is 0. The van der Waals surface area contributed by atoms with Gasteiger partial charge in [-0.05, 0) is 44.0 Å². The van der Waals surface area contributed by atoms with Crippen LogP contribution >= 0.6 is 0 Å². The van der Waals surface area contributed by atoms with Crippen molar-refractivity contribution in [3.8, 4) is 28.6 Å². The Labute approximate surface area is 150 Å². The van der Waals surface area contributed by atoms with Crippen LogP contribution in [0.1, 0.15) is 30.3 Å². The van der Waals surface area contributed by atoms with Crippen molar-refractivity contribution in [2.24, 2.45) is 0 Å². The lowest BCUT2D eigenvalue weighted by molar-refractivity contribution is 0.647. The van der Waals surface area contributed by atoms with Crippen molar-refractivity contribution in [3.63, 3.8) is 0 Å². The molecule has 26 heavy (non-hydrogen) atoms. The summed E-state index contributed by atoms with van der Waals surface area (Å²) in [5.41, 5.74) is 6.24. The maximum Gasteiger partial charge on any atom is 0.144 e. The van der Waals surface area contributed by atoms with Crippen LogP contribution < -0.4 is 0 Å². The Kier molecular flexibility index (Phi) is 3.16. The molecule has 4 heterocycles. The van der Waals surface area contributed by atoms with E-state index in [2.05, 4.69) is 20.8 Å². The van der Waals surface area contributed by atoms with E-state index in [1.54, 1.807) is 6.20 Å². The van der Waals surface area contributed by atoms with Gasteiger partial charge in [-0.25, -0.2) is 4.98 Å². The highest BCUT2D eigenvalue weighted by Crippen LogP contribution is 2.41. The van der Waals surface area contributed by atoms with Crippen molar-refractivity contribution in [3.05, 3.63) is 60.3 Å². The largest absolute Gasteiger partial charge is 0.291 e. The summed E-state index contributed by atoms with van der Waals surface area (Å²) < 4.78 is 3.91. The normalized spacial score (nSPS) is 13.8. The molecule has 0 amide bonds. The van der Waals surface area contributed by atoms with Crippen LogP contribution in [0.5, 0.6) is 0 Å². The second-order valence-corrected chi connectivity index (χ2v) is 6.65. The number of nitrogens with zero attached hydrogens (tertiary/aromatic N) is 6. The van der Waals surface area contributed by atoms with Crippen molar-refractivity contribution in [2.45, 2.75) is 25.8 Å². The standard InChI is InChI=1S/C20H16N6/c1-13-3-2-4-18(24-13)20-17(11-23-26(20)15-6-7-15)14-5-8-19-22-10-16(9-21)25(19)12-14/h2-5,8,10-12,15H,6-7H2,1H3. The first-order valence-electron chi connectivity index (χ1n) is 8.64. The minimum Gasteiger partial charge on any atom is -0.291 e. The van der Waals surface area contributed by atoms with Crippen molar-refractivity contribution in [1.82, 2.24) is 24.1 Å². The van der Waals surface area contributed by atoms with Crippen LogP contribution in [-0.4, -0.2) is 24.1 Å². The van der Waals surface area contributed by atoms with Crippen LogP contribution in [-0.2, 0) is 0 Å². The summed E-state index contributed by atoms with van der Waals surface area (Å²) in [6.07, 6.45) is 7.75. The molecule has 6 nitrogen and oxygen atoms in total. The van der Waals surface area contributed by atoms with E-state index < -0.39 is 0 Å². The molecule has 0 atom stereocenters. The first kappa shape index (κ1) is 14.8. The van der Waals surface area contributed by atoms with E-state index in [0.717, 1.165) is 46.7 Å². The van der Waals surface area contributed by atoms with Gasteiger partial charge in [0.25, 0.3) is 0 Å². The fourth-order valence-electron chi connectivity index (χ4n) is 3.32. The fraction of sp³-hybridized carbons (Fsp3) is 0.200. The van der Waals surface area contributed by atoms with Gasteiger partial charge in [-0.15, -0.1) is 0 Å². The molecule has 0 aromatic carbocycles. The van der Waals surface area contributed by atoms with E-state index in [1.165, 1.54) is 0 Å². The minimum absolute atomic E-state index is 0.452. The Hall–Kier alpha value is -3.46. The monoisotopic (exact) mass is 340 g/mol. The van der Waals surface area contributed by atoms with E-state index >= 15 is 0 Å². The number of rotatable bonds is 3. The number of pyridine rings is 2. The van der Waals surface area contributed by atoms with Gasteiger partial charge in [-0.1, -0.05) is 6.07 Å². The molecular formula is C20H16N6. The third-order valence-corrected chi connectivity index (χ3v) is 4.75. The van der Waals surface area contributed by atoms with Gasteiger partial charge in [0, 0.05) is 23.0 Å². The number of hydrogen-bond donors (Lipinski definition) is 0. The number of hydrogen-bond acceptors (Lipinski definition) is 4. The van der Waals surface area contributed by atoms with E-state index in [1.807, 2.05) is 54.0 Å². The average Bonchev–Trinajstić information content (AvgIpc) is 3.27. The highest BCUT2D eigenvalue weighted by atomic mass is 15.3. The summed E-state index contributed by atoms with van der Waals surface area (Å²) in [5, 5.41) is 14.0. The third kappa shape index (κ3) is 2.29. The lowest BCUT2D eigenvalue weighted by atomic mass is 10.1. The van der Waals surface area contributed by atoms with Crippen LogP contribution in [0.3, 0.4) is 0 Å². The fourth-order valence-corrected chi connectivity index (χ4v) is 3.32. The number of aromatic nitrogens is 5. The van der Waals surface area contributed by atoms with E-state index in [-0.39, 0.29) is 0 Å². The van der Waals surface area contributed by atoms with E-state index in [4.69, 9.17) is 4.98 Å². The Morgan fingerprint density at radius 3 is 2.81 bits per heavy atom. The van der Waals surface area contributed by atoms with Crippen LogP contribution in [0.4, 0.5) is 0 Å². The molecular weight excluding hydrogens is 324 g/mol. The predicted molar refractivity (Wildman–Crippen MR) is 97.4 cm³/mol. The molecule has 1 aliphatic carbocycles. The SMILES string of the molecule is Cc1cccc(-c2c(-c3ccc4ncc(C#N)n4c3)cnn2C2CC2)n1. The summed E-state index contributed by atoms with van der Waals surface area (Å²) in [7, 11) is 0. The lowest BCUT2D eigenvalue weighted by Gasteiger charge is -2.10. The van der Waals surface area contributed by atoms with E-state index in [0.29, 0.717) is 11.7 Å². The van der Waals surface area contributed by atoms with E-state index in [9.17, 15) is 5.26 Å². The second-order valence-electron chi connectivity index (χ2n) is 6.65. The zero-order chi connectivity index (χ0) is 17.7. The number of aryl methyl sites for hydroxylation is 1. The van der Waals surface area contributed by atoms with Gasteiger partial charge in [0.2, 0.25) is 0 Å². The minimum atomic E-state index is 0.452. The van der Waals surface area contributed by atoms with Crippen molar-refractivity contribution in [1.29, 1.82) is 5.26 Å². The zero-order valence-electron chi connectivity index (χ0n) is 14.3. The van der Waals surface area contributed by atoms with Gasteiger partial charge >= 0.3 is 0 Å². The Bertz CT molecular complexity index is 1170. The second kappa shape index (κ2) is 5.53. The molecule has 0 aliphatic heterocycles. The molecule has 0 saturated heterocycles. The lowest BCUT2D eigenvalue weighted by Crippen LogP contribution is -2.01. The van der Waals surface area contributed by atoms with Gasteiger partial charge < -0.3 is 0 Å². The van der Waals surface area contributed by atoms with Gasteiger partial charge in [-0.3, -0.25) is 14.1 Å².